The zero-order chi connectivity index (χ0) is 15.4. The largest absolute Gasteiger partial charge is 0.368 e. The smallest absolute Gasteiger partial charge is 0.258 e. The van der Waals surface area contributed by atoms with Crippen LogP contribution in [0.1, 0.15) is 22.8 Å². The molecule has 0 fully saturated rings. The van der Waals surface area contributed by atoms with Gasteiger partial charge in [-0.3, -0.25) is 4.79 Å². The second kappa shape index (κ2) is 6.67. The summed E-state index contributed by atoms with van der Waals surface area (Å²) in [7, 11) is 0. The van der Waals surface area contributed by atoms with Crippen molar-refractivity contribution in [2.45, 2.75) is 13.8 Å². The molecule has 0 aliphatic heterocycles. The molecule has 21 heavy (non-hydrogen) atoms. The molecular formula is C15H15BrFN3O. The molecule has 0 aliphatic rings. The molecule has 0 saturated carbocycles. The lowest BCUT2D eigenvalue weighted by molar-refractivity contribution is 0.102. The maximum absolute atomic E-state index is 14.2. The van der Waals surface area contributed by atoms with Crippen molar-refractivity contribution in [2.24, 2.45) is 0 Å². The van der Waals surface area contributed by atoms with Crippen LogP contribution >= 0.6 is 15.9 Å². The molecule has 4 nitrogen and oxygen atoms in total. The molecule has 0 atom stereocenters. The number of carbonyl (C=O) groups is 1. The third-order valence-corrected chi connectivity index (χ3v) is 3.24. The Morgan fingerprint density at radius 1 is 1.38 bits per heavy atom. The van der Waals surface area contributed by atoms with E-state index in [1.165, 1.54) is 12.3 Å². The fourth-order valence-electron chi connectivity index (χ4n) is 1.92. The molecular weight excluding hydrogens is 337 g/mol. The van der Waals surface area contributed by atoms with E-state index in [0.29, 0.717) is 12.2 Å². The van der Waals surface area contributed by atoms with E-state index in [2.05, 4.69) is 31.5 Å². The molecule has 2 rings (SSSR count). The quantitative estimate of drug-likeness (QED) is 0.875. The van der Waals surface area contributed by atoms with Gasteiger partial charge in [0.05, 0.1) is 5.56 Å². The number of anilines is 2. The Labute approximate surface area is 130 Å². The molecule has 0 aliphatic carbocycles. The predicted octanol–water partition coefficient (Wildman–Crippen LogP) is 3.98. The second-order valence-electron chi connectivity index (χ2n) is 4.52. The Morgan fingerprint density at radius 2 is 2.14 bits per heavy atom. The minimum atomic E-state index is -0.649. The van der Waals surface area contributed by atoms with Crippen LogP contribution in [0.15, 0.2) is 34.9 Å². The van der Waals surface area contributed by atoms with Crippen molar-refractivity contribution in [2.75, 3.05) is 17.2 Å². The molecule has 0 unspecified atom stereocenters. The molecule has 2 N–H and O–H groups in total. The predicted molar refractivity (Wildman–Crippen MR) is 85.2 cm³/mol. The van der Waals surface area contributed by atoms with Crippen LogP contribution in [0, 0.1) is 12.7 Å². The number of carbonyl (C=O) groups excluding carboxylic acids is 1. The highest BCUT2D eigenvalue weighted by atomic mass is 79.9. The lowest BCUT2D eigenvalue weighted by atomic mass is 10.2. The molecule has 1 aromatic heterocycles. The molecule has 0 radical (unpaired) electrons. The molecule has 2 aromatic rings. The van der Waals surface area contributed by atoms with Crippen molar-refractivity contribution < 1.29 is 9.18 Å². The zero-order valence-electron chi connectivity index (χ0n) is 11.7. The molecule has 1 heterocycles. The normalized spacial score (nSPS) is 10.3. The number of rotatable bonds is 4. The topological polar surface area (TPSA) is 54.0 Å². The summed E-state index contributed by atoms with van der Waals surface area (Å²) in [6, 6.07) is 6.85. The first-order valence-electron chi connectivity index (χ1n) is 6.48. The van der Waals surface area contributed by atoms with Crippen molar-refractivity contribution in [3.05, 3.63) is 51.9 Å². The summed E-state index contributed by atoms with van der Waals surface area (Å²) in [5, 5.41) is 5.47. The second-order valence-corrected chi connectivity index (χ2v) is 5.44. The van der Waals surface area contributed by atoms with Gasteiger partial charge in [0.25, 0.3) is 5.91 Å². The molecule has 110 valence electrons. The number of halogens is 2. The average Bonchev–Trinajstić information content (AvgIpc) is 2.40. The number of amides is 1. The van der Waals surface area contributed by atoms with Gasteiger partial charge in [-0.25, -0.2) is 9.37 Å². The number of nitrogens with one attached hydrogen (secondary N) is 2. The lowest BCUT2D eigenvalue weighted by Crippen LogP contribution is -2.15. The van der Waals surface area contributed by atoms with Gasteiger partial charge in [0.15, 0.2) is 11.6 Å². The molecule has 6 heteroatoms. The third-order valence-electron chi connectivity index (χ3n) is 2.78. The first-order valence-corrected chi connectivity index (χ1v) is 7.27. The molecule has 1 aromatic carbocycles. The van der Waals surface area contributed by atoms with Crippen molar-refractivity contribution >= 4 is 33.3 Å². The van der Waals surface area contributed by atoms with Gasteiger partial charge in [-0.2, -0.15) is 0 Å². The molecule has 0 bridgehead atoms. The highest BCUT2D eigenvalue weighted by Crippen LogP contribution is 2.21. The van der Waals surface area contributed by atoms with Gasteiger partial charge in [-0.15, -0.1) is 0 Å². The monoisotopic (exact) mass is 351 g/mol. The Morgan fingerprint density at radius 3 is 2.81 bits per heavy atom. The van der Waals surface area contributed by atoms with Crippen LogP contribution in [0.2, 0.25) is 0 Å². The SMILES string of the molecule is CCNc1nccc(C(=O)Nc2cc(C)cc(Br)c2)c1F. The lowest BCUT2D eigenvalue weighted by Gasteiger charge is -2.10. The Balaban J connectivity index is 2.26. The fraction of sp³-hybridized carbons (Fsp3) is 0.200. The number of benzene rings is 1. The van der Waals surface area contributed by atoms with Crippen LogP contribution in [0.4, 0.5) is 15.9 Å². The summed E-state index contributed by atoms with van der Waals surface area (Å²) in [6.07, 6.45) is 1.40. The minimum Gasteiger partial charge on any atom is -0.368 e. The summed E-state index contributed by atoms with van der Waals surface area (Å²) < 4.78 is 15.0. The van der Waals surface area contributed by atoms with Crippen LogP contribution in [-0.4, -0.2) is 17.4 Å². The van der Waals surface area contributed by atoms with Crippen LogP contribution in [0.25, 0.3) is 0 Å². The van der Waals surface area contributed by atoms with E-state index in [9.17, 15) is 9.18 Å². The van der Waals surface area contributed by atoms with E-state index in [1.54, 1.807) is 6.07 Å². The number of nitrogens with zero attached hydrogens (tertiary/aromatic N) is 1. The van der Waals surface area contributed by atoms with Crippen molar-refractivity contribution in [3.8, 4) is 0 Å². The highest BCUT2D eigenvalue weighted by Gasteiger charge is 2.16. The van der Waals surface area contributed by atoms with E-state index in [4.69, 9.17) is 0 Å². The van der Waals surface area contributed by atoms with Gasteiger partial charge in [-0.05, 0) is 43.7 Å². The van der Waals surface area contributed by atoms with Gasteiger partial charge in [-0.1, -0.05) is 15.9 Å². The third kappa shape index (κ3) is 3.78. The van der Waals surface area contributed by atoms with Gasteiger partial charge in [0.1, 0.15) is 0 Å². The summed E-state index contributed by atoms with van der Waals surface area (Å²) in [5.74, 6) is -1.08. The van der Waals surface area contributed by atoms with E-state index >= 15 is 0 Å². The Hall–Kier alpha value is -1.95. The Kier molecular flexibility index (Phi) is 4.90. The van der Waals surface area contributed by atoms with Crippen molar-refractivity contribution in [1.82, 2.24) is 4.98 Å². The van der Waals surface area contributed by atoms with Gasteiger partial charge < -0.3 is 10.6 Å². The summed E-state index contributed by atoms with van der Waals surface area (Å²) in [5.41, 5.74) is 1.55. The first kappa shape index (κ1) is 15.4. The highest BCUT2D eigenvalue weighted by molar-refractivity contribution is 9.10. The number of hydrogen-bond donors (Lipinski definition) is 2. The van der Waals surface area contributed by atoms with E-state index in [0.717, 1.165) is 10.0 Å². The first-order chi connectivity index (χ1) is 10.0. The molecule has 1 amide bonds. The summed E-state index contributed by atoms with van der Waals surface area (Å²) in [6.45, 7) is 4.27. The molecule has 0 spiro atoms. The number of aryl methyl sites for hydroxylation is 1. The van der Waals surface area contributed by atoms with Crippen LogP contribution in [0.5, 0.6) is 0 Å². The van der Waals surface area contributed by atoms with E-state index in [1.807, 2.05) is 26.0 Å². The number of aromatic nitrogens is 1. The Bertz CT molecular complexity index is 656. The zero-order valence-corrected chi connectivity index (χ0v) is 13.3. The summed E-state index contributed by atoms with van der Waals surface area (Å²) in [4.78, 5) is 16.1. The van der Waals surface area contributed by atoms with E-state index in [-0.39, 0.29) is 11.4 Å². The van der Waals surface area contributed by atoms with Gasteiger partial charge >= 0.3 is 0 Å². The van der Waals surface area contributed by atoms with Crippen LogP contribution < -0.4 is 10.6 Å². The van der Waals surface area contributed by atoms with Crippen LogP contribution in [0.3, 0.4) is 0 Å². The van der Waals surface area contributed by atoms with Gasteiger partial charge in [0.2, 0.25) is 0 Å². The summed E-state index contributed by atoms with van der Waals surface area (Å²) >= 11 is 3.36. The fourth-order valence-corrected chi connectivity index (χ4v) is 2.52. The maximum Gasteiger partial charge on any atom is 0.258 e. The average molecular weight is 352 g/mol. The van der Waals surface area contributed by atoms with E-state index < -0.39 is 11.7 Å². The van der Waals surface area contributed by atoms with Crippen molar-refractivity contribution in [3.63, 3.8) is 0 Å². The standard InChI is InChI=1S/C15H15BrFN3O/c1-3-18-14-13(17)12(4-5-19-14)15(21)20-11-7-9(2)6-10(16)8-11/h4-8H,3H2,1-2H3,(H,18,19)(H,20,21). The number of pyridine rings is 1. The number of hydrogen-bond acceptors (Lipinski definition) is 3. The molecule has 0 saturated heterocycles. The van der Waals surface area contributed by atoms with Crippen molar-refractivity contribution in [1.29, 1.82) is 0 Å². The minimum absolute atomic E-state index is 0.0430. The maximum atomic E-state index is 14.2. The van der Waals surface area contributed by atoms with Gasteiger partial charge in [0, 0.05) is 22.9 Å². The van der Waals surface area contributed by atoms with Crippen LogP contribution in [-0.2, 0) is 0 Å².